The minimum atomic E-state index is -1.97. The van der Waals surface area contributed by atoms with Gasteiger partial charge < -0.3 is 9.47 Å². The van der Waals surface area contributed by atoms with E-state index in [9.17, 15) is 27.2 Å². The molecule has 7 nitrogen and oxygen atoms in total. The molecular formula is C33H50BrF4N3O4. The number of alkyl halides is 1. The number of azide groups is 1. The van der Waals surface area contributed by atoms with E-state index in [1.54, 1.807) is 0 Å². The van der Waals surface area contributed by atoms with Crippen molar-refractivity contribution in [2.45, 2.75) is 123 Å². The number of rotatable bonds is 22. The molecule has 256 valence electrons. The van der Waals surface area contributed by atoms with E-state index in [2.05, 4.69) is 53.7 Å². The molecule has 12 heteroatoms. The second-order valence-corrected chi connectivity index (χ2v) is 14.7. The topological polar surface area (TPSA) is 101 Å². The molecule has 0 saturated heterocycles. The highest BCUT2D eigenvalue weighted by Gasteiger charge is 2.32. The highest BCUT2D eigenvalue weighted by atomic mass is 79.9. The Hall–Kier alpha value is -2.33. The second-order valence-electron chi connectivity index (χ2n) is 13.1. The van der Waals surface area contributed by atoms with Crippen LogP contribution in [0, 0.1) is 46.4 Å². The fraction of sp³-hybridized carbons (Fsp3) is 0.758. The Balaban J connectivity index is 2.19. The fourth-order valence-electron chi connectivity index (χ4n) is 5.77. The van der Waals surface area contributed by atoms with E-state index in [0.29, 0.717) is 42.0 Å². The molecule has 0 fully saturated rings. The van der Waals surface area contributed by atoms with Gasteiger partial charge >= 0.3 is 11.9 Å². The molecule has 0 heterocycles. The average molecular weight is 709 g/mol. The average Bonchev–Trinajstić information content (AvgIpc) is 2.94. The minimum Gasteiger partial charge on any atom is -0.465 e. The van der Waals surface area contributed by atoms with Crippen LogP contribution in [0.3, 0.4) is 0 Å². The zero-order chi connectivity index (χ0) is 34.2. The van der Waals surface area contributed by atoms with Gasteiger partial charge in [0.1, 0.15) is 11.3 Å². The lowest BCUT2D eigenvalue weighted by molar-refractivity contribution is -0.155. The summed E-state index contributed by atoms with van der Waals surface area (Å²) in [6, 6.07) is 0. The van der Waals surface area contributed by atoms with Crippen LogP contribution in [-0.4, -0.2) is 30.0 Å². The zero-order valence-electron chi connectivity index (χ0n) is 27.6. The van der Waals surface area contributed by atoms with Crippen molar-refractivity contribution in [1.82, 2.24) is 0 Å². The molecule has 4 unspecified atom stereocenters. The maximum absolute atomic E-state index is 14.1. The van der Waals surface area contributed by atoms with Gasteiger partial charge in [-0.25, -0.2) is 22.4 Å². The van der Waals surface area contributed by atoms with E-state index in [-0.39, 0.29) is 12.6 Å². The Bertz CT molecular complexity index is 1120. The number of benzene rings is 1. The number of unbranched alkanes of at least 4 members (excludes halogenated alkanes) is 5. The predicted octanol–water partition coefficient (Wildman–Crippen LogP) is 11.3. The van der Waals surface area contributed by atoms with Gasteiger partial charge in [-0.1, -0.05) is 87.3 Å². The van der Waals surface area contributed by atoms with Crippen molar-refractivity contribution in [2.24, 2.45) is 28.3 Å². The Labute approximate surface area is 273 Å². The van der Waals surface area contributed by atoms with Crippen molar-refractivity contribution >= 4 is 33.6 Å². The first-order chi connectivity index (χ1) is 21.1. The van der Waals surface area contributed by atoms with E-state index < -0.39 is 45.9 Å². The summed E-state index contributed by atoms with van der Waals surface area (Å²) in [5.74, 6) is -8.03. The fourth-order valence-corrected chi connectivity index (χ4v) is 6.41. The molecule has 0 aliphatic rings. The van der Waals surface area contributed by atoms with Gasteiger partial charge in [-0.05, 0) is 75.7 Å². The van der Waals surface area contributed by atoms with Crippen molar-refractivity contribution in [3.8, 4) is 0 Å². The monoisotopic (exact) mass is 707 g/mol. The van der Waals surface area contributed by atoms with Gasteiger partial charge in [0.2, 0.25) is 0 Å². The molecule has 45 heavy (non-hydrogen) atoms. The minimum absolute atomic E-state index is 0.123. The number of carbonyl (C=O) groups is 2. The number of halogens is 5. The molecule has 1 aromatic carbocycles. The highest BCUT2D eigenvalue weighted by Crippen LogP contribution is 2.32. The van der Waals surface area contributed by atoms with Crippen LogP contribution in [0.25, 0.3) is 10.4 Å². The van der Waals surface area contributed by atoms with Crippen molar-refractivity contribution in [3.63, 3.8) is 0 Å². The van der Waals surface area contributed by atoms with Gasteiger partial charge in [0.25, 0.3) is 0 Å². The number of ether oxygens (including phenoxy) is 2. The lowest BCUT2D eigenvalue weighted by Gasteiger charge is -2.27. The highest BCUT2D eigenvalue weighted by molar-refractivity contribution is 9.09. The van der Waals surface area contributed by atoms with Gasteiger partial charge in [-0.15, -0.1) is 0 Å². The maximum Gasteiger partial charge on any atom is 0.344 e. The Kier molecular flexibility index (Phi) is 18.7. The second kappa shape index (κ2) is 20.7. The standard InChI is InChI=1S/C33H50BrF4N3O4/c1-21(15-11-13-16-44-31(42)25-26(35)28(37)30(40-41-39)29(38)27(25)36)14-10-8-7-9-12-17-45-32(43)33(5,6)20-23(3)18-22(2)19-24(4)34/h21-24H,7-20H2,1-6H3. The largest absolute Gasteiger partial charge is 0.465 e. The lowest BCUT2D eigenvalue weighted by Crippen LogP contribution is -2.29. The van der Waals surface area contributed by atoms with Gasteiger partial charge in [-0.2, -0.15) is 0 Å². The molecule has 0 aliphatic heterocycles. The molecule has 0 saturated carbocycles. The summed E-state index contributed by atoms with van der Waals surface area (Å²) < 4.78 is 66.3. The summed E-state index contributed by atoms with van der Waals surface area (Å²) in [6.07, 6.45) is 11.1. The first-order valence-electron chi connectivity index (χ1n) is 16.0. The molecule has 0 aromatic heterocycles. The lowest BCUT2D eigenvalue weighted by atomic mass is 9.80. The molecule has 0 amide bonds. The first-order valence-corrected chi connectivity index (χ1v) is 16.9. The number of hydrogen-bond donors (Lipinski definition) is 0. The molecule has 0 aliphatic carbocycles. The SMILES string of the molecule is CC(Br)CC(C)CC(C)CC(C)(C)C(=O)OCCCCCCCC(C)CCCCOC(=O)c1c(F)c(F)c(N=[N+]=[N-])c(F)c1F. The van der Waals surface area contributed by atoms with Crippen molar-refractivity contribution < 1.29 is 36.6 Å². The summed E-state index contributed by atoms with van der Waals surface area (Å²) in [6.45, 7) is 13.0. The van der Waals surface area contributed by atoms with Crippen LogP contribution in [0.2, 0.25) is 0 Å². The van der Waals surface area contributed by atoms with Crippen LogP contribution in [-0.2, 0) is 14.3 Å². The third-order valence-corrected chi connectivity index (χ3v) is 8.30. The van der Waals surface area contributed by atoms with Crippen LogP contribution < -0.4 is 0 Å². The molecule has 1 aromatic rings. The van der Waals surface area contributed by atoms with E-state index in [1.165, 1.54) is 0 Å². The molecular weight excluding hydrogens is 658 g/mol. The summed E-state index contributed by atoms with van der Waals surface area (Å²) >= 11 is 3.62. The molecule has 0 spiro atoms. The van der Waals surface area contributed by atoms with Crippen molar-refractivity contribution in [1.29, 1.82) is 0 Å². The molecule has 0 N–H and O–H groups in total. The Morgan fingerprint density at radius 1 is 0.778 bits per heavy atom. The Morgan fingerprint density at radius 2 is 1.29 bits per heavy atom. The molecule has 0 bridgehead atoms. The van der Waals surface area contributed by atoms with E-state index in [1.807, 2.05) is 13.8 Å². The Morgan fingerprint density at radius 3 is 1.87 bits per heavy atom. The van der Waals surface area contributed by atoms with E-state index in [4.69, 9.17) is 15.0 Å². The summed E-state index contributed by atoms with van der Waals surface area (Å²) in [5, 5.41) is 2.59. The quantitative estimate of drug-likeness (QED) is 0.0175. The smallest absolute Gasteiger partial charge is 0.344 e. The molecule has 4 atom stereocenters. The van der Waals surface area contributed by atoms with Gasteiger partial charge in [0.15, 0.2) is 23.3 Å². The molecule has 1 rings (SSSR count). The summed E-state index contributed by atoms with van der Waals surface area (Å²) in [5.41, 5.74) is 4.82. The number of carbonyl (C=O) groups excluding carboxylic acids is 2. The maximum atomic E-state index is 14.1. The third kappa shape index (κ3) is 14.8. The van der Waals surface area contributed by atoms with Crippen LogP contribution in [0.4, 0.5) is 23.2 Å². The van der Waals surface area contributed by atoms with Crippen molar-refractivity contribution in [3.05, 3.63) is 39.3 Å². The number of nitrogens with zero attached hydrogens (tertiary/aromatic N) is 3. The molecule has 0 radical (unpaired) electrons. The predicted molar refractivity (Wildman–Crippen MR) is 171 cm³/mol. The van der Waals surface area contributed by atoms with Crippen LogP contribution in [0.5, 0.6) is 0 Å². The van der Waals surface area contributed by atoms with Crippen LogP contribution in [0.15, 0.2) is 5.11 Å². The van der Waals surface area contributed by atoms with E-state index >= 15 is 0 Å². The first kappa shape index (κ1) is 40.7. The van der Waals surface area contributed by atoms with Crippen molar-refractivity contribution in [2.75, 3.05) is 13.2 Å². The van der Waals surface area contributed by atoms with Gasteiger partial charge in [0, 0.05) is 9.74 Å². The number of esters is 2. The summed E-state index contributed by atoms with van der Waals surface area (Å²) in [7, 11) is 0. The number of hydrogen-bond acceptors (Lipinski definition) is 5. The zero-order valence-corrected chi connectivity index (χ0v) is 29.2. The van der Waals surface area contributed by atoms with Gasteiger partial charge in [0.05, 0.1) is 18.6 Å². The van der Waals surface area contributed by atoms with Crippen LogP contribution >= 0.6 is 15.9 Å². The summed E-state index contributed by atoms with van der Waals surface area (Å²) in [4.78, 5) is 27.3. The van der Waals surface area contributed by atoms with Crippen LogP contribution in [0.1, 0.15) is 129 Å². The van der Waals surface area contributed by atoms with Gasteiger partial charge in [-0.3, -0.25) is 4.79 Å². The third-order valence-electron chi connectivity index (χ3n) is 7.93. The normalized spacial score (nSPS) is 14.3. The van der Waals surface area contributed by atoms with E-state index in [0.717, 1.165) is 64.2 Å².